The summed E-state index contributed by atoms with van der Waals surface area (Å²) in [5.41, 5.74) is 9.49. The van der Waals surface area contributed by atoms with Gasteiger partial charge in [-0.1, -0.05) is 33.8 Å². The number of cyclic esters (lactones) is 1. The van der Waals surface area contributed by atoms with Crippen LogP contribution in [0.4, 0.5) is 0 Å². The van der Waals surface area contributed by atoms with E-state index in [0.717, 1.165) is 64.2 Å². The number of hydrazine groups is 1. The van der Waals surface area contributed by atoms with E-state index in [1.165, 1.54) is 16.3 Å². The van der Waals surface area contributed by atoms with Gasteiger partial charge in [0, 0.05) is 91.9 Å². The number of carbonyl (C=O) groups excluding carboxylic acids is 3. The summed E-state index contributed by atoms with van der Waals surface area (Å²) >= 11 is 1.42. The number of hydrogen-bond donors (Lipinski definition) is 2. The first-order valence-corrected chi connectivity index (χ1v) is 23.2. The number of nitrogens with one attached hydrogen (secondary N) is 2. The predicted molar refractivity (Wildman–Crippen MR) is 238 cm³/mol. The van der Waals surface area contributed by atoms with E-state index in [2.05, 4.69) is 79.1 Å². The summed E-state index contributed by atoms with van der Waals surface area (Å²) < 4.78 is 26.7. The Bertz CT molecular complexity index is 2270. The van der Waals surface area contributed by atoms with E-state index in [-0.39, 0.29) is 48.4 Å². The van der Waals surface area contributed by atoms with Crippen molar-refractivity contribution in [2.75, 3.05) is 53.6 Å². The lowest BCUT2D eigenvalue weighted by molar-refractivity contribution is -0.157. The molecule has 8 rings (SSSR count). The molecular formula is C47H63N7O7S. The van der Waals surface area contributed by atoms with Crippen molar-refractivity contribution in [3.8, 4) is 22.5 Å². The van der Waals surface area contributed by atoms with Crippen LogP contribution in [-0.2, 0) is 46.3 Å². The molecule has 2 N–H and O–H groups in total. The molecule has 3 fully saturated rings. The summed E-state index contributed by atoms with van der Waals surface area (Å²) in [7, 11) is 3.44. The van der Waals surface area contributed by atoms with Crippen LogP contribution in [0.1, 0.15) is 89.3 Å². The standard InChI is InChI=1S/C47H63N7O7S/c1-9-53-37-15-14-30-22-33(37)34(41(53)32-12-10-17-48-39(32)29(4)58-7)23-47(5,6)26-61-46(57)35-13-11-18-54(51-35)45(56)40(50-43(55)38-27(2)28(38)3)42(44-49-36(30)25-62-44)60-21-20-52-19-16-31(24-52)59-8/h10,12,14-15,17,22,25,27-29,31,35,38,40,42,51H,9,11,13,16,18-21,23-24,26H2,1-8H3,(H,50,55)/t27-,28+,29-,31-,35-,38+,40-,42-/m0/s1. The second-order valence-electron chi connectivity index (χ2n) is 18.4. The van der Waals surface area contributed by atoms with Crippen LogP contribution in [-0.4, -0.2) is 114 Å². The summed E-state index contributed by atoms with van der Waals surface area (Å²) in [5.74, 6) is -0.784. The van der Waals surface area contributed by atoms with E-state index in [1.54, 1.807) is 20.4 Å². The number of hydrogen-bond acceptors (Lipinski definition) is 12. The van der Waals surface area contributed by atoms with Gasteiger partial charge in [0.25, 0.3) is 5.91 Å². The number of amides is 2. The van der Waals surface area contributed by atoms with Crippen LogP contribution in [0.15, 0.2) is 41.9 Å². The summed E-state index contributed by atoms with van der Waals surface area (Å²) in [6.45, 7) is 16.4. The summed E-state index contributed by atoms with van der Waals surface area (Å²) in [5, 5.41) is 8.30. The molecule has 15 heteroatoms. The maximum atomic E-state index is 14.9. The molecule has 3 aliphatic heterocycles. The SMILES string of the molecule is CCn1c(-c2cccnc2[C@H](C)OC)c2c3cc(ccc31)-c1csc(n1)[C@@H](OCCN1CC[C@H](OC)C1)[C@H](NC(=O)[C@H]1[C@H](C)[C@@H]1C)C(=O)N1CCC[C@H](N1)C(=O)OCC(C)(C)C2. The number of nitrogens with zero attached hydrogens (tertiary/aromatic N) is 5. The molecule has 2 saturated heterocycles. The molecule has 6 bridgehead atoms. The fraction of sp³-hybridized carbons (Fsp3) is 0.596. The molecule has 0 unspecified atom stereocenters. The average Bonchev–Trinajstić information content (AvgIpc) is 3.74. The lowest BCUT2D eigenvalue weighted by atomic mass is 9.84. The molecule has 14 nitrogen and oxygen atoms in total. The smallest absolute Gasteiger partial charge is 0.324 e. The first-order chi connectivity index (χ1) is 29.8. The van der Waals surface area contributed by atoms with Crippen LogP contribution in [0, 0.1) is 23.2 Å². The van der Waals surface area contributed by atoms with Crippen molar-refractivity contribution >= 4 is 40.0 Å². The van der Waals surface area contributed by atoms with Crippen LogP contribution < -0.4 is 10.7 Å². The van der Waals surface area contributed by atoms with Gasteiger partial charge in [0.05, 0.1) is 42.5 Å². The molecule has 334 valence electrons. The third kappa shape index (κ3) is 8.94. The van der Waals surface area contributed by atoms with Gasteiger partial charge >= 0.3 is 5.97 Å². The predicted octanol–water partition coefficient (Wildman–Crippen LogP) is 6.34. The molecule has 62 heavy (non-hydrogen) atoms. The Morgan fingerprint density at radius 3 is 2.66 bits per heavy atom. The molecule has 1 saturated carbocycles. The Balaban J connectivity index is 1.25. The van der Waals surface area contributed by atoms with Crippen molar-refractivity contribution < 1.29 is 33.3 Å². The zero-order valence-corrected chi connectivity index (χ0v) is 38.3. The molecule has 4 aliphatic rings. The normalized spacial score (nSPS) is 27.2. The minimum atomic E-state index is -1.11. The highest BCUT2D eigenvalue weighted by molar-refractivity contribution is 7.10. The fourth-order valence-corrected chi connectivity index (χ4v) is 10.6. The first-order valence-electron chi connectivity index (χ1n) is 22.3. The van der Waals surface area contributed by atoms with Gasteiger partial charge in [-0.3, -0.25) is 29.3 Å². The Morgan fingerprint density at radius 2 is 1.94 bits per heavy atom. The Labute approximate surface area is 369 Å². The topological polar surface area (TPSA) is 149 Å². The van der Waals surface area contributed by atoms with Crippen molar-refractivity contribution in [1.82, 2.24) is 35.2 Å². The van der Waals surface area contributed by atoms with Crippen LogP contribution >= 0.6 is 11.3 Å². The van der Waals surface area contributed by atoms with Crippen LogP contribution in [0.2, 0.25) is 0 Å². The van der Waals surface area contributed by atoms with Crippen molar-refractivity contribution in [2.45, 2.75) is 104 Å². The van der Waals surface area contributed by atoms with Gasteiger partial charge in [-0.15, -0.1) is 11.3 Å². The average molecular weight is 870 g/mol. The highest BCUT2D eigenvalue weighted by atomic mass is 32.1. The van der Waals surface area contributed by atoms with Gasteiger partial charge in [-0.25, -0.2) is 10.4 Å². The van der Waals surface area contributed by atoms with E-state index < -0.39 is 29.6 Å². The maximum Gasteiger partial charge on any atom is 0.324 e. The van der Waals surface area contributed by atoms with E-state index in [9.17, 15) is 14.4 Å². The second kappa shape index (κ2) is 18.5. The first kappa shape index (κ1) is 44.4. The number of benzene rings is 1. The van der Waals surface area contributed by atoms with E-state index in [4.69, 9.17) is 28.9 Å². The highest BCUT2D eigenvalue weighted by Gasteiger charge is 2.50. The minimum absolute atomic E-state index is 0.161. The fourth-order valence-electron chi connectivity index (χ4n) is 9.65. The number of carbonyl (C=O) groups is 3. The van der Waals surface area contributed by atoms with E-state index in [0.29, 0.717) is 50.5 Å². The van der Waals surface area contributed by atoms with Gasteiger partial charge < -0.3 is 28.8 Å². The van der Waals surface area contributed by atoms with Crippen molar-refractivity contribution in [2.24, 2.45) is 23.2 Å². The third-order valence-electron chi connectivity index (χ3n) is 13.6. The van der Waals surface area contributed by atoms with Crippen LogP contribution in [0.25, 0.3) is 33.4 Å². The minimum Gasteiger partial charge on any atom is -0.464 e. The Kier molecular flexibility index (Phi) is 13.2. The number of pyridine rings is 1. The Morgan fingerprint density at radius 1 is 1.13 bits per heavy atom. The number of aromatic nitrogens is 3. The van der Waals surface area contributed by atoms with Crippen molar-refractivity contribution in [3.63, 3.8) is 0 Å². The monoisotopic (exact) mass is 869 g/mol. The number of methoxy groups -OCH3 is 2. The lowest BCUT2D eigenvalue weighted by Gasteiger charge is -2.37. The molecule has 2 amide bonds. The molecule has 0 radical (unpaired) electrons. The maximum absolute atomic E-state index is 14.9. The molecule has 0 spiro atoms. The molecule has 4 aromatic rings. The number of fused-ring (bicyclic) bond motifs is 6. The van der Waals surface area contributed by atoms with Crippen molar-refractivity contribution in [1.29, 1.82) is 0 Å². The highest BCUT2D eigenvalue weighted by Crippen LogP contribution is 2.46. The van der Waals surface area contributed by atoms with Gasteiger partial charge in [0.1, 0.15) is 23.2 Å². The molecular weight excluding hydrogens is 807 g/mol. The largest absolute Gasteiger partial charge is 0.464 e. The quantitative estimate of drug-likeness (QED) is 0.163. The van der Waals surface area contributed by atoms with Gasteiger partial charge in [0.2, 0.25) is 5.91 Å². The van der Waals surface area contributed by atoms with E-state index in [1.807, 2.05) is 18.4 Å². The molecule has 3 aromatic heterocycles. The van der Waals surface area contributed by atoms with Crippen LogP contribution in [0.5, 0.6) is 0 Å². The number of thiazole rings is 1. The zero-order chi connectivity index (χ0) is 43.9. The third-order valence-corrected chi connectivity index (χ3v) is 14.5. The Hall–Kier alpha value is -4.25. The van der Waals surface area contributed by atoms with E-state index >= 15 is 0 Å². The van der Waals surface area contributed by atoms with Crippen molar-refractivity contribution in [3.05, 3.63) is 58.2 Å². The van der Waals surface area contributed by atoms with Gasteiger partial charge in [-0.2, -0.15) is 0 Å². The number of rotatable bonds is 11. The summed E-state index contributed by atoms with van der Waals surface area (Å²) in [4.78, 5) is 55.2. The zero-order valence-electron chi connectivity index (χ0n) is 37.4. The number of esters is 1. The van der Waals surface area contributed by atoms with Gasteiger partial charge in [-0.05, 0) is 81.2 Å². The summed E-state index contributed by atoms with van der Waals surface area (Å²) in [6.07, 6.45) is 3.45. The molecule has 1 aliphatic carbocycles. The molecule has 6 heterocycles. The number of aryl methyl sites for hydroxylation is 1. The summed E-state index contributed by atoms with van der Waals surface area (Å²) in [6, 6.07) is 8.69. The number of likely N-dealkylation sites (tertiary alicyclic amines) is 1. The van der Waals surface area contributed by atoms with Gasteiger partial charge in [0.15, 0.2) is 0 Å². The lowest BCUT2D eigenvalue weighted by Crippen LogP contribution is -2.61. The number of ether oxygens (including phenoxy) is 4. The molecule has 1 aromatic carbocycles. The molecule has 8 atom stereocenters. The van der Waals surface area contributed by atoms with Crippen LogP contribution in [0.3, 0.4) is 0 Å². The second-order valence-corrected chi connectivity index (χ2v) is 19.3.